The fourth-order valence-corrected chi connectivity index (χ4v) is 5.37. The monoisotopic (exact) mass is 532 g/mol. The maximum Gasteiger partial charge on any atom is 0.254 e. The number of aromatic nitrogens is 2. The molecule has 2 atom stereocenters. The van der Waals surface area contributed by atoms with E-state index < -0.39 is 5.54 Å². The number of amides is 1. The van der Waals surface area contributed by atoms with Crippen molar-refractivity contribution < 1.29 is 24.2 Å². The largest absolute Gasteiger partial charge is 0.457 e. The minimum Gasteiger partial charge on any atom is -0.457 e. The summed E-state index contributed by atoms with van der Waals surface area (Å²) in [6.07, 6.45) is 3.91. The third kappa shape index (κ3) is 3.99. The van der Waals surface area contributed by atoms with Gasteiger partial charge < -0.3 is 29.8 Å². The smallest absolute Gasteiger partial charge is 0.254 e. The SMILES string of the molecule is CN1C(=O)C2(CCC(CO)OC2)Nc2c1cnc1[nH]cc(C(=O)c3ccc(Oc4ccccc4)cc3Cl)c21. The molecule has 6 rings (SSSR count). The average Bonchev–Trinajstić information content (AvgIpc) is 3.37. The maximum atomic E-state index is 13.8. The summed E-state index contributed by atoms with van der Waals surface area (Å²) in [6, 6.07) is 14.2. The van der Waals surface area contributed by atoms with Crippen LogP contribution >= 0.6 is 11.6 Å². The van der Waals surface area contributed by atoms with E-state index >= 15 is 0 Å². The van der Waals surface area contributed by atoms with Gasteiger partial charge in [0.2, 0.25) is 0 Å². The first-order valence-corrected chi connectivity index (χ1v) is 12.6. The molecule has 2 aliphatic rings. The second kappa shape index (κ2) is 9.43. The minimum atomic E-state index is -1.01. The Hall–Kier alpha value is -3.92. The van der Waals surface area contributed by atoms with Gasteiger partial charge in [0.05, 0.1) is 52.9 Å². The van der Waals surface area contributed by atoms with E-state index in [2.05, 4.69) is 15.3 Å². The van der Waals surface area contributed by atoms with Gasteiger partial charge in [-0.2, -0.15) is 0 Å². The van der Waals surface area contributed by atoms with Gasteiger partial charge in [-0.05, 0) is 37.1 Å². The zero-order valence-corrected chi connectivity index (χ0v) is 21.3. The number of fused-ring (bicyclic) bond motifs is 3. The molecule has 2 aliphatic heterocycles. The number of para-hydroxylation sites is 1. The molecule has 2 unspecified atom stereocenters. The lowest BCUT2D eigenvalue weighted by Crippen LogP contribution is -2.61. The number of halogens is 1. The van der Waals surface area contributed by atoms with E-state index in [0.717, 1.165) is 0 Å². The molecule has 1 fully saturated rings. The predicted octanol–water partition coefficient (Wildman–Crippen LogP) is 4.54. The second-order valence-corrected chi connectivity index (χ2v) is 9.96. The number of aliphatic hydroxyl groups excluding tert-OH is 1. The first kappa shape index (κ1) is 24.4. The van der Waals surface area contributed by atoms with E-state index in [-0.39, 0.29) is 36.0 Å². The van der Waals surface area contributed by atoms with Crippen LogP contribution in [0.25, 0.3) is 11.0 Å². The Labute approximate surface area is 223 Å². The summed E-state index contributed by atoms with van der Waals surface area (Å²) in [5, 5.41) is 13.7. The molecule has 0 bridgehead atoms. The molecule has 4 heterocycles. The summed E-state index contributed by atoms with van der Waals surface area (Å²) in [5.41, 5.74) is 1.36. The zero-order chi connectivity index (χ0) is 26.4. The van der Waals surface area contributed by atoms with E-state index in [1.807, 2.05) is 30.3 Å². The van der Waals surface area contributed by atoms with Crippen LogP contribution in [0.3, 0.4) is 0 Å². The average molecular weight is 533 g/mol. The van der Waals surface area contributed by atoms with Crippen LogP contribution in [0.2, 0.25) is 5.02 Å². The number of aliphatic hydroxyl groups is 1. The first-order chi connectivity index (χ1) is 18.4. The molecule has 2 aromatic heterocycles. The highest BCUT2D eigenvalue weighted by Gasteiger charge is 2.48. The van der Waals surface area contributed by atoms with E-state index in [1.165, 1.54) is 0 Å². The van der Waals surface area contributed by atoms with Crippen molar-refractivity contribution >= 4 is 45.7 Å². The number of benzene rings is 2. The molecular formula is C28H25ClN4O5. The highest BCUT2D eigenvalue weighted by Crippen LogP contribution is 2.43. The Kier molecular flexibility index (Phi) is 6.06. The predicted molar refractivity (Wildman–Crippen MR) is 143 cm³/mol. The quantitative estimate of drug-likeness (QED) is 0.323. The van der Waals surface area contributed by atoms with E-state index in [1.54, 1.807) is 42.5 Å². The number of H-pyrrole nitrogens is 1. The molecule has 3 N–H and O–H groups in total. The third-order valence-electron chi connectivity index (χ3n) is 7.19. The van der Waals surface area contributed by atoms with Crippen molar-refractivity contribution in [3.8, 4) is 11.5 Å². The van der Waals surface area contributed by atoms with Gasteiger partial charge in [0, 0.05) is 24.9 Å². The topological polar surface area (TPSA) is 117 Å². The Morgan fingerprint density at radius 3 is 2.76 bits per heavy atom. The molecule has 10 heteroatoms. The van der Waals surface area contributed by atoms with Crippen LogP contribution in [0, 0.1) is 0 Å². The molecule has 1 amide bonds. The summed E-state index contributed by atoms with van der Waals surface area (Å²) in [4.78, 5) is 36.2. The van der Waals surface area contributed by atoms with E-state index in [0.29, 0.717) is 57.9 Å². The van der Waals surface area contributed by atoms with Crippen LogP contribution in [0.4, 0.5) is 11.4 Å². The van der Waals surface area contributed by atoms with Crippen LogP contribution in [0.5, 0.6) is 11.5 Å². The number of pyridine rings is 1. The molecule has 0 saturated carbocycles. The van der Waals surface area contributed by atoms with Crippen LogP contribution < -0.4 is 15.0 Å². The number of nitrogens with zero attached hydrogens (tertiary/aromatic N) is 2. The number of rotatable bonds is 5. The van der Waals surface area contributed by atoms with E-state index in [4.69, 9.17) is 21.1 Å². The lowest BCUT2D eigenvalue weighted by molar-refractivity contribution is -0.131. The Balaban J connectivity index is 1.37. The summed E-state index contributed by atoms with van der Waals surface area (Å²) >= 11 is 6.56. The summed E-state index contributed by atoms with van der Waals surface area (Å²) in [5.74, 6) is 0.729. The number of hydrogen-bond acceptors (Lipinski definition) is 7. The van der Waals surface area contributed by atoms with Crippen molar-refractivity contribution in [1.29, 1.82) is 0 Å². The van der Waals surface area contributed by atoms with Crippen molar-refractivity contribution in [2.45, 2.75) is 24.5 Å². The number of hydrogen-bond donors (Lipinski definition) is 3. The summed E-state index contributed by atoms with van der Waals surface area (Å²) in [7, 11) is 1.69. The zero-order valence-electron chi connectivity index (χ0n) is 20.5. The van der Waals surface area contributed by atoms with Crippen LogP contribution in [0.1, 0.15) is 28.8 Å². The number of anilines is 2. The Morgan fingerprint density at radius 1 is 1.24 bits per heavy atom. The lowest BCUT2D eigenvalue weighted by Gasteiger charge is -2.45. The lowest BCUT2D eigenvalue weighted by atomic mass is 9.85. The van der Waals surface area contributed by atoms with Gasteiger partial charge >= 0.3 is 0 Å². The number of ether oxygens (including phenoxy) is 2. The van der Waals surface area contributed by atoms with Gasteiger partial charge in [-0.1, -0.05) is 29.8 Å². The molecule has 1 spiro atoms. The number of ketones is 1. The van der Waals surface area contributed by atoms with Crippen molar-refractivity contribution in [3.05, 3.63) is 77.1 Å². The molecule has 194 valence electrons. The molecule has 4 aromatic rings. The van der Waals surface area contributed by atoms with Crippen molar-refractivity contribution in [3.63, 3.8) is 0 Å². The summed E-state index contributed by atoms with van der Waals surface area (Å²) in [6.45, 7) is 0.00429. The van der Waals surface area contributed by atoms with Crippen molar-refractivity contribution in [2.24, 2.45) is 0 Å². The molecule has 9 nitrogen and oxygen atoms in total. The van der Waals surface area contributed by atoms with Crippen molar-refractivity contribution in [2.75, 3.05) is 30.5 Å². The van der Waals surface area contributed by atoms with Crippen molar-refractivity contribution in [1.82, 2.24) is 9.97 Å². The van der Waals surface area contributed by atoms with E-state index in [9.17, 15) is 14.7 Å². The van der Waals surface area contributed by atoms with Gasteiger partial charge in [-0.3, -0.25) is 9.59 Å². The van der Waals surface area contributed by atoms with Gasteiger partial charge in [0.1, 0.15) is 22.7 Å². The molecule has 2 aromatic carbocycles. The van der Waals surface area contributed by atoms with Gasteiger partial charge in [0.15, 0.2) is 5.78 Å². The summed E-state index contributed by atoms with van der Waals surface area (Å²) < 4.78 is 11.6. The molecule has 38 heavy (non-hydrogen) atoms. The number of carbonyl (C=O) groups excluding carboxylic acids is 2. The highest BCUT2D eigenvalue weighted by molar-refractivity contribution is 6.36. The molecule has 1 saturated heterocycles. The van der Waals surface area contributed by atoms with Crippen LogP contribution in [-0.4, -0.2) is 58.7 Å². The third-order valence-corrected chi connectivity index (χ3v) is 7.50. The normalized spacial score (nSPS) is 20.9. The second-order valence-electron chi connectivity index (χ2n) is 9.56. The van der Waals surface area contributed by atoms with Gasteiger partial charge in [0.25, 0.3) is 5.91 Å². The number of nitrogens with one attached hydrogen (secondary N) is 2. The fraction of sp³-hybridized carbons (Fsp3) is 0.250. The van der Waals surface area contributed by atoms with Gasteiger partial charge in [-0.15, -0.1) is 0 Å². The van der Waals surface area contributed by atoms with Gasteiger partial charge in [-0.25, -0.2) is 4.98 Å². The standard InChI is InChI=1S/C28H25ClN4O5/c1-33-22-13-31-26-23(24(22)32-28(27(33)36)10-9-18(14-34)37-15-28)20(12-30-26)25(35)19-8-7-17(11-21(19)29)38-16-5-3-2-4-6-16/h2-8,11-13,18,32,34H,9-10,14-15H2,1H3,(H,30,31). The Bertz CT molecular complexity index is 1550. The number of aromatic amines is 1. The Morgan fingerprint density at radius 2 is 2.05 bits per heavy atom. The fourth-order valence-electron chi connectivity index (χ4n) is 5.12. The van der Waals surface area contributed by atoms with Crippen LogP contribution in [-0.2, 0) is 9.53 Å². The van der Waals surface area contributed by atoms with Crippen LogP contribution in [0.15, 0.2) is 60.9 Å². The number of carbonyl (C=O) groups is 2. The molecular weight excluding hydrogens is 508 g/mol. The molecule has 0 radical (unpaired) electrons. The molecule has 0 aliphatic carbocycles. The number of likely N-dealkylation sites (N-methyl/N-ethyl adjacent to an activating group) is 1. The highest BCUT2D eigenvalue weighted by atomic mass is 35.5. The first-order valence-electron chi connectivity index (χ1n) is 12.3. The maximum absolute atomic E-state index is 13.8. The minimum absolute atomic E-state index is 0.0999.